The van der Waals surface area contributed by atoms with E-state index in [1.54, 1.807) is 13.0 Å². The molecule has 1 fully saturated rings. The first kappa shape index (κ1) is 14.5. The zero-order valence-corrected chi connectivity index (χ0v) is 12.7. The lowest BCUT2D eigenvalue weighted by atomic mass is 9.95. The van der Waals surface area contributed by atoms with Gasteiger partial charge in [0.15, 0.2) is 0 Å². The van der Waals surface area contributed by atoms with Gasteiger partial charge >= 0.3 is 0 Å². The van der Waals surface area contributed by atoms with Crippen LogP contribution in [0.2, 0.25) is 0 Å². The van der Waals surface area contributed by atoms with Gasteiger partial charge in [-0.25, -0.2) is 4.39 Å². The summed E-state index contributed by atoms with van der Waals surface area (Å²) in [6, 6.07) is 4.38. The van der Waals surface area contributed by atoms with Crippen molar-refractivity contribution in [3.05, 3.63) is 35.1 Å². The van der Waals surface area contributed by atoms with Gasteiger partial charge in [0.2, 0.25) is 0 Å². The number of piperidine rings is 1. The molecule has 2 nitrogen and oxygen atoms in total. The second kappa shape index (κ2) is 6.51. The van der Waals surface area contributed by atoms with Gasteiger partial charge in [0.05, 0.1) is 0 Å². The van der Waals surface area contributed by atoms with Gasteiger partial charge in [0.25, 0.3) is 5.91 Å². The minimum Gasteiger partial charge on any atom is -0.338 e. The number of aryl methyl sites for hydroxylation is 1. The van der Waals surface area contributed by atoms with E-state index in [1.807, 2.05) is 4.90 Å². The van der Waals surface area contributed by atoms with Crippen LogP contribution < -0.4 is 0 Å². The van der Waals surface area contributed by atoms with Crippen LogP contribution in [0.25, 0.3) is 0 Å². The van der Waals surface area contributed by atoms with Gasteiger partial charge in [0, 0.05) is 24.0 Å². The van der Waals surface area contributed by atoms with Crippen molar-refractivity contribution in [2.24, 2.45) is 5.92 Å². The van der Waals surface area contributed by atoms with Gasteiger partial charge in [-0.2, -0.15) is 0 Å². The van der Waals surface area contributed by atoms with E-state index in [0.717, 1.165) is 31.3 Å². The van der Waals surface area contributed by atoms with Crippen LogP contribution in [0.4, 0.5) is 4.39 Å². The molecule has 1 saturated heterocycles. The number of hydrogen-bond acceptors (Lipinski definition) is 1. The third-order valence-electron chi connectivity index (χ3n) is 3.74. The highest BCUT2D eigenvalue weighted by Gasteiger charge is 2.24. The van der Waals surface area contributed by atoms with Gasteiger partial charge in [-0.3, -0.25) is 4.79 Å². The van der Waals surface area contributed by atoms with Crippen molar-refractivity contribution in [2.45, 2.75) is 26.2 Å². The summed E-state index contributed by atoms with van der Waals surface area (Å²) in [6.07, 6.45) is 3.35. The number of hydrogen-bond donors (Lipinski definition) is 0. The van der Waals surface area contributed by atoms with Crippen LogP contribution in [0, 0.1) is 18.7 Å². The molecule has 0 aliphatic carbocycles. The van der Waals surface area contributed by atoms with Crippen molar-refractivity contribution < 1.29 is 9.18 Å². The molecule has 19 heavy (non-hydrogen) atoms. The summed E-state index contributed by atoms with van der Waals surface area (Å²) in [6.45, 7) is 3.42. The summed E-state index contributed by atoms with van der Waals surface area (Å²) in [5.74, 6) is 0.333. The highest BCUT2D eigenvalue weighted by molar-refractivity contribution is 9.09. The van der Waals surface area contributed by atoms with Gasteiger partial charge < -0.3 is 4.90 Å². The maximum Gasteiger partial charge on any atom is 0.254 e. The Morgan fingerprint density at radius 1 is 1.53 bits per heavy atom. The molecule has 0 aromatic heterocycles. The number of carbonyl (C=O) groups excluding carboxylic acids is 1. The third kappa shape index (κ3) is 3.56. The van der Waals surface area contributed by atoms with Crippen molar-refractivity contribution in [3.63, 3.8) is 0 Å². The fraction of sp³-hybridized carbons (Fsp3) is 0.533. The van der Waals surface area contributed by atoms with Gasteiger partial charge in [-0.05, 0) is 55.9 Å². The molecule has 1 aromatic rings. The molecule has 4 heteroatoms. The van der Waals surface area contributed by atoms with E-state index < -0.39 is 0 Å². The molecule has 0 spiro atoms. The van der Waals surface area contributed by atoms with Crippen molar-refractivity contribution in [3.8, 4) is 0 Å². The normalized spacial score (nSPS) is 19.5. The van der Waals surface area contributed by atoms with Crippen molar-refractivity contribution in [1.29, 1.82) is 0 Å². The predicted molar refractivity (Wildman–Crippen MR) is 78.2 cm³/mol. The third-order valence-corrected chi connectivity index (χ3v) is 4.20. The molecule has 1 atom stereocenters. The second-order valence-electron chi connectivity index (χ2n) is 5.20. The van der Waals surface area contributed by atoms with Gasteiger partial charge in [-0.1, -0.05) is 15.9 Å². The monoisotopic (exact) mass is 327 g/mol. The highest BCUT2D eigenvalue weighted by atomic mass is 79.9. The van der Waals surface area contributed by atoms with E-state index in [9.17, 15) is 9.18 Å². The molecule has 0 radical (unpaired) electrons. The first-order chi connectivity index (χ1) is 9.11. The summed E-state index contributed by atoms with van der Waals surface area (Å²) in [5, 5.41) is 0.981. The Bertz CT molecular complexity index is 461. The first-order valence-corrected chi connectivity index (χ1v) is 7.85. The maximum atomic E-state index is 13.1. The molecule has 1 aliphatic heterocycles. The Labute approximate surface area is 122 Å². The fourth-order valence-corrected chi connectivity index (χ4v) is 3.32. The molecular weight excluding hydrogens is 309 g/mol. The van der Waals surface area contributed by atoms with Crippen LogP contribution in [0.3, 0.4) is 0 Å². The fourth-order valence-electron chi connectivity index (χ4n) is 2.68. The molecule has 0 bridgehead atoms. The Hall–Kier alpha value is -0.900. The van der Waals surface area contributed by atoms with Crippen LogP contribution in [0.1, 0.15) is 35.2 Å². The molecular formula is C15H19BrFNO. The standard InChI is InChI=1S/C15H19BrFNO/c1-11-9-13(17)4-5-14(11)15(19)18-8-2-3-12(10-18)6-7-16/h4-5,9,12H,2-3,6-8,10H2,1H3. The molecule has 104 valence electrons. The Balaban J connectivity index is 2.10. The lowest BCUT2D eigenvalue weighted by Gasteiger charge is -2.33. The van der Waals surface area contributed by atoms with E-state index in [0.29, 0.717) is 17.0 Å². The van der Waals surface area contributed by atoms with E-state index in [-0.39, 0.29) is 11.7 Å². The van der Waals surface area contributed by atoms with E-state index in [4.69, 9.17) is 0 Å². The molecule has 1 heterocycles. The van der Waals surface area contributed by atoms with Crippen molar-refractivity contribution in [1.82, 2.24) is 4.90 Å². The van der Waals surface area contributed by atoms with Crippen molar-refractivity contribution in [2.75, 3.05) is 18.4 Å². The number of carbonyl (C=O) groups is 1. The van der Waals surface area contributed by atoms with Crippen LogP contribution in [-0.2, 0) is 0 Å². The number of benzene rings is 1. The summed E-state index contributed by atoms with van der Waals surface area (Å²) < 4.78 is 13.1. The maximum absolute atomic E-state index is 13.1. The number of alkyl halides is 1. The molecule has 1 unspecified atom stereocenters. The zero-order chi connectivity index (χ0) is 13.8. The quantitative estimate of drug-likeness (QED) is 0.774. The zero-order valence-electron chi connectivity index (χ0n) is 11.2. The van der Waals surface area contributed by atoms with Crippen LogP contribution in [0.15, 0.2) is 18.2 Å². The summed E-state index contributed by atoms with van der Waals surface area (Å²) in [7, 11) is 0. The van der Waals surface area contributed by atoms with Gasteiger partial charge in [-0.15, -0.1) is 0 Å². The minimum absolute atomic E-state index is 0.0387. The Morgan fingerprint density at radius 3 is 3.00 bits per heavy atom. The lowest BCUT2D eigenvalue weighted by Crippen LogP contribution is -2.40. The van der Waals surface area contributed by atoms with E-state index >= 15 is 0 Å². The lowest BCUT2D eigenvalue weighted by molar-refractivity contribution is 0.0671. The SMILES string of the molecule is Cc1cc(F)ccc1C(=O)N1CCCC(CCBr)C1. The van der Waals surface area contributed by atoms with Crippen LogP contribution in [-0.4, -0.2) is 29.2 Å². The largest absolute Gasteiger partial charge is 0.338 e. The van der Waals surface area contributed by atoms with Crippen LogP contribution in [0.5, 0.6) is 0 Å². The predicted octanol–water partition coefficient (Wildman–Crippen LogP) is 3.77. The second-order valence-corrected chi connectivity index (χ2v) is 5.99. The van der Waals surface area contributed by atoms with Crippen molar-refractivity contribution >= 4 is 21.8 Å². The molecule has 0 N–H and O–H groups in total. The number of halogens is 2. The summed E-state index contributed by atoms with van der Waals surface area (Å²) in [5.41, 5.74) is 1.34. The Morgan fingerprint density at radius 2 is 2.32 bits per heavy atom. The van der Waals surface area contributed by atoms with E-state index in [1.165, 1.54) is 18.6 Å². The number of rotatable bonds is 3. The smallest absolute Gasteiger partial charge is 0.254 e. The number of likely N-dealkylation sites (tertiary alicyclic amines) is 1. The number of nitrogens with zero attached hydrogens (tertiary/aromatic N) is 1. The summed E-state index contributed by atoms with van der Waals surface area (Å²) in [4.78, 5) is 14.4. The van der Waals surface area contributed by atoms with Crippen LogP contribution >= 0.6 is 15.9 Å². The molecule has 1 amide bonds. The highest BCUT2D eigenvalue weighted by Crippen LogP contribution is 2.23. The van der Waals surface area contributed by atoms with Gasteiger partial charge in [0.1, 0.15) is 5.82 Å². The van der Waals surface area contributed by atoms with E-state index in [2.05, 4.69) is 15.9 Å². The Kier molecular flexibility index (Phi) is 4.97. The molecule has 0 saturated carbocycles. The topological polar surface area (TPSA) is 20.3 Å². The minimum atomic E-state index is -0.287. The molecule has 2 rings (SSSR count). The number of amides is 1. The molecule has 1 aromatic carbocycles. The average Bonchev–Trinajstić information content (AvgIpc) is 2.39. The summed E-state index contributed by atoms with van der Waals surface area (Å²) >= 11 is 3.46. The molecule has 1 aliphatic rings. The first-order valence-electron chi connectivity index (χ1n) is 6.73. The average molecular weight is 328 g/mol.